The molecule has 0 bridgehead atoms. The number of carbonyl (C=O) groups is 1. The Morgan fingerprint density at radius 1 is 1.14 bits per heavy atom. The SMILES string of the molecule is O=C(O)C1CCC2NNC(c3ccc4ccccc4n3)C2C1. The molecular weight excluding hydrogens is 278 g/mol. The van der Waals surface area contributed by atoms with Gasteiger partial charge in [-0.15, -0.1) is 0 Å². The molecule has 2 fully saturated rings. The van der Waals surface area contributed by atoms with E-state index in [2.05, 4.69) is 29.1 Å². The highest BCUT2D eigenvalue weighted by Crippen LogP contribution is 2.40. The van der Waals surface area contributed by atoms with E-state index in [4.69, 9.17) is 4.98 Å². The number of carboxylic acids is 1. The van der Waals surface area contributed by atoms with Crippen LogP contribution in [-0.2, 0) is 4.79 Å². The van der Waals surface area contributed by atoms with Gasteiger partial charge in [0.05, 0.1) is 23.2 Å². The number of hydrogen-bond donors (Lipinski definition) is 3. The summed E-state index contributed by atoms with van der Waals surface area (Å²) in [5, 5.41) is 10.4. The summed E-state index contributed by atoms with van der Waals surface area (Å²) in [5.41, 5.74) is 8.64. The van der Waals surface area contributed by atoms with Crippen molar-refractivity contribution < 1.29 is 9.90 Å². The van der Waals surface area contributed by atoms with Crippen LogP contribution in [0.5, 0.6) is 0 Å². The van der Waals surface area contributed by atoms with Gasteiger partial charge < -0.3 is 5.11 Å². The molecule has 0 radical (unpaired) electrons. The lowest BCUT2D eigenvalue weighted by atomic mass is 9.75. The minimum atomic E-state index is -0.671. The largest absolute Gasteiger partial charge is 0.481 e. The fraction of sp³-hybridized carbons (Fsp3) is 0.412. The number of carboxylic acid groups (broad SMARTS) is 1. The first-order valence-corrected chi connectivity index (χ1v) is 7.82. The summed E-state index contributed by atoms with van der Waals surface area (Å²) in [6.45, 7) is 0. The molecule has 4 rings (SSSR count). The molecule has 0 amide bonds. The molecule has 0 spiro atoms. The van der Waals surface area contributed by atoms with Gasteiger partial charge in [-0.1, -0.05) is 24.3 Å². The zero-order valence-corrected chi connectivity index (χ0v) is 12.2. The Bertz CT molecular complexity index is 718. The minimum absolute atomic E-state index is 0.0803. The van der Waals surface area contributed by atoms with Crippen LogP contribution in [0.1, 0.15) is 31.0 Å². The monoisotopic (exact) mass is 297 g/mol. The minimum Gasteiger partial charge on any atom is -0.481 e. The summed E-state index contributed by atoms with van der Waals surface area (Å²) in [6.07, 6.45) is 2.36. The highest BCUT2D eigenvalue weighted by Gasteiger charge is 2.43. The van der Waals surface area contributed by atoms with Crippen molar-refractivity contribution in [3.63, 3.8) is 0 Å². The number of aliphatic carboxylic acids is 1. The first kappa shape index (κ1) is 13.7. The molecule has 3 N–H and O–H groups in total. The quantitative estimate of drug-likeness (QED) is 0.793. The molecule has 22 heavy (non-hydrogen) atoms. The van der Waals surface area contributed by atoms with Crippen LogP contribution in [0.3, 0.4) is 0 Å². The Labute approximate surface area is 128 Å². The third-order valence-electron chi connectivity index (χ3n) is 5.04. The second kappa shape index (κ2) is 5.34. The molecular formula is C17H19N3O2. The Kier molecular flexibility index (Phi) is 3.32. The van der Waals surface area contributed by atoms with E-state index >= 15 is 0 Å². The number of hydrogen-bond acceptors (Lipinski definition) is 4. The van der Waals surface area contributed by atoms with Gasteiger partial charge in [0, 0.05) is 11.4 Å². The van der Waals surface area contributed by atoms with Crippen molar-refractivity contribution in [3.05, 3.63) is 42.1 Å². The molecule has 1 saturated heterocycles. The number of benzene rings is 1. The fourth-order valence-electron chi connectivity index (χ4n) is 3.83. The number of hydrazine groups is 1. The molecule has 1 aromatic heterocycles. The first-order valence-electron chi connectivity index (χ1n) is 7.82. The number of nitrogens with zero attached hydrogens (tertiary/aromatic N) is 1. The number of pyridine rings is 1. The highest BCUT2D eigenvalue weighted by atomic mass is 16.4. The Morgan fingerprint density at radius 2 is 2.00 bits per heavy atom. The maximum absolute atomic E-state index is 11.3. The average Bonchev–Trinajstić information content (AvgIpc) is 2.97. The van der Waals surface area contributed by atoms with Gasteiger partial charge in [0.25, 0.3) is 0 Å². The van der Waals surface area contributed by atoms with Crippen molar-refractivity contribution in [1.82, 2.24) is 15.8 Å². The van der Waals surface area contributed by atoms with E-state index in [-0.39, 0.29) is 17.9 Å². The second-order valence-electron chi connectivity index (χ2n) is 6.31. The summed E-state index contributed by atoms with van der Waals surface area (Å²) in [5.74, 6) is -0.620. The molecule has 4 unspecified atom stereocenters. The summed E-state index contributed by atoms with van der Waals surface area (Å²) < 4.78 is 0. The van der Waals surface area contributed by atoms with Gasteiger partial charge in [-0.3, -0.25) is 15.2 Å². The Hall–Kier alpha value is -1.98. The maximum Gasteiger partial charge on any atom is 0.306 e. The molecule has 1 aliphatic heterocycles. The lowest BCUT2D eigenvalue weighted by molar-refractivity contribution is -0.143. The van der Waals surface area contributed by atoms with Gasteiger partial charge >= 0.3 is 5.97 Å². The lowest BCUT2D eigenvalue weighted by Gasteiger charge is -2.30. The number of rotatable bonds is 2. The topological polar surface area (TPSA) is 74.2 Å². The summed E-state index contributed by atoms with van der Waals surface area (Å²) in [4.78, 5) is 16.1. The smallest absolute Gasteiger partial charge is 0.306 e. The van der Waals surface area contributed by atoms with E-state index in [9.17, 15) is 9.90 Å². The van der Waals surface area contributed by atoms with Gasteiger partial charge in [0.15, 0.2) is 0 Å². The zero-order chi connectivity index (χ0) is 15.1. The van der Waals surface area contributed by atoms with Crippen molar-refractivity contribution in [2.45, 2.75) is 31.3 Å². The van der Waals surface area contributed by atoms with Crippen molar-refractivity contribution >= 4 is 16.9 Å². The standard InChI is InChI=1S/C17H19N3O2/c21-17(22)11-6-7-14-12(9-11)16(20-19-14)15-8-5-10-3-1-2-4-13(10)18-15/h1-5,8,11-12,14,16,19-20H,6-7,9H2,(H,21,22). The molecule has 5 nitrogen and oxygen atoms in total. The average molecular weight is 297 g/mol. The van der Waals surface area contributed by atoms with Crippen LogP contribution >= 0.6 is 0 Å². The molecule has 1 aliphatic carbocycles. The fourth-order valence-corrected chi connectivity index (χ4v) is 3.83. The molecule has 114 valence electrons. The van der Waals surface area contributed by atoms with Crippen LogP contribution in [-0.4, -0.2) is 22.1 Å². The van der Waals surface area contributed by atoms with Crippen LogP contribution in [0.2, 0.25) is 0 Å². The van der Waals surface area contributed by atoms with Crippen LogP contribution < -0.4 is 10.9 Å². The van der Waals surface area contributed by atoms with Crippen LogP contribution in [0, 0.1) is 11.8 Å². The van der Waals surface area contributed by atoms with Crippen LogP contribution in [0.15, 0.2) is 36.4 Å². The summed E-state index contributed by atoms with van der Waals surface area (Å²) >= 11 is 0. The van der Waals surface area contributed by atoms with Crippen molar-refractivity contribution in [2.24, 2.45) is 11.8 Å². The predicted molar refractivity (Wildman–Crippen MR) is 83.0 cm³/mol. The Balaban J connectivity index is 1.64. The number of aromatic nitrogens is 1. The van der Waals surface area contributed by atoms with Crippen molar-refractivity contribution in [3.8, 4) is 0 Å². The van der Waals surface area contributed by atoms with E-state index in [1.165, 1.54) is 0 Å². The van der Waals surface area contributed by atoms with E-state index < -0.39 is 5.97 Å². The van der Waals surface area contributed by atoms with Crippen molar-refractivity contribution in [2.75, 3.05) is 0 Å². The summed E-state index contributed by atoms with van der Waals surface area (Å²) in [7, 11) is 0. The van der Waals surface area contributed by atoms with Crippen LogP contribution in [0.25, 0.3) is 10.9 Å². The number of fused-ring (bicyclic) bond motifs is 2. The molecule has 2 aliphatic rings. The van der Waals surface area contributed by atoms with Gasteiger partial charge in [0.2, 0.25) is 0 Å². The molecule has 2 heterocycles. The van der Waals surface area contributed by atoms with Crippen LogP contribution in [0.4, 0.5) is 0 Å². The van der Waals surface area contributed by atoms with Gasteiger partial charge in [-0.25, -0.2) is 5.43 Å². The summed E-state index contributed by atoms with van der Waals surface area (Å²) in [6, 6.07) is 12.6. The molecule has 4 atom stereocenters. The third-order valence-corrected chi connectivity index (χ3v) is 5.04. The highest BCUT2D eigenvalue weighted by molar-refractivity contribution is 5.78. The van der Waals surface area contributed by atoms with E-state index in [0.717, 1.165) is 29.4 Å². The predicted octanol–water partition coefficient (Wildman–Crippen LogP) is 2.25. The van der Waals surface area contributed by atoms with E-state index in [1.54, 1.807) is 0 Å². The normalized spacial score (nSPS) is 31.1. The van der Waals surface area contributed by atoms with Gasteiger partial charge in [-0.2, -0.15) is 0 Å². The lowest BCUT2D eigenvalue weighted by Crippen LogP contribution is -2.36. The molecule has 1 saturated carbocycles. The molecule has 2 aromatic rings. The van der Waals surface area contributed by atoms with E-state index in [1.807, 2.05) is 18.2 Å². The molecule has 1 aromatic carbocycles. The Morgan fingerprint density at radius 3 is 2.86 bits per heavy atom. The van der Waals surface area contributed by atoms with E-state index in [0.29, 0.717) is 12.5 Å². The van der Waals surface area contributed by atoms with Gasteiger partial charge in [-0.05, 0) is 37.3 Å². The first-order chi connectivity index (χ1) is 10.7. The number of nitrogens with one attached hydrogen (secondary N) is 2. The second-order valence-corrected chi connectivity index (χ2v) is 6.31. The van der Waals surface area contributed by atoms with Crippen molar-refractivity contribution in [1.29, 1.82) is 0 Å². The molecule has 5 heteroatoms. The number of para-hydroxylation sites is 1. The van der Waals surface area contributed by atoms with Gasteiger partial charge in [0.1, 0.15) is 0 Å². The third kappa shape index (κ3) is 2.26. The zero-order valence-electron chi connectivity index (χ0n) is 12.2. The maximum atomic E-state index is 11.3.